The average Bonchev–Trinajstić information content (AvgIpc) is 2.29. The standard InChI is InChI=1S/C13H20N2OS2/c1-4-17-10-6-5-7-11(12(10)13(14)15)18-9(3)8(2)16/h5-9,16H,4H2,1-3H3,(H3,14,15). The lowest BCUT2D eigenvalue weighted by Gasteiger charge is -2.18. The second-order valence-electron chi connectivity index (χ2n) is 4.04. The quantitative estimate of drug-likeness (QED) is 0.427. The zero-order valence-corrected chi connectivity index (χ0v) is 12.6. The molecule has 0 heterocycles. The number of aliphatic hydroxyl groups is 1. The van der Waals surface area contributed by atoms with E-state index in [0.717, 1.165) is 21.1 Å². The van der Waals surface area contributed by atoms with Crippen molar-refractivity contribution in [1.29, 1.82) is 5.41 Å². The molecule has 0 radical (unpaired) electrons. The molecule has 0 aliphatic rings. The molecule has 5 heteroatoms. The summed E-state index contributed by atoms with van der Waals surface area (Å²) in [6.45, 7) is 5.82. The molecule has 0 bridgehead atoms. The maximum Gasteiger partial charge on any atom is 0.125 e. The van der Waals surface area contributed by atoms with Gasteiger partial charge in [-0.1, -0.05) is 19.9 Å². The van der Waals surface area contributed by atoms with Crippen LogP contribution in [0.3, 0.4) is 0 Å². The van der Waals surface area contributed by atoms with Crippen molar-refractivity contribution in [3.63, 3.8) is 0 Å². The molecule has 2 atom stereocenters. The van der Waals surface area contributed by atoms with Gasteiger partial charge in [-0.05, 0) is 24.8 Å². The van der Waals surface area contributed by atoms with Gasteiger partial charge < -0.3 is 10.8 Å². The number of nitrogens with two attached hydrogens (primary N) is 1. The number of aliphatic hydroxyl groups excluding tert-OH is 1. The van der Waals surface area contributed by atoms with Crippen molar-refractivity contribution >= 4 is 29.4 Å². The van der Waals surface area contributed by atoms with Crippen molar-refractivity contribution in [3.05, 3.63) is 23.8 Å². The molecule has 1 aromatic carbocycles. The molecular formula is C13H20N2OS2. The van der Waals surface area contributed by atoms with E-state index in [1.54, 1.807) is 30.4 Å². The van der Waals surface area contributed by atoms with Gasteiger partial charge >= 0.3 is 0 Å². The molecule has 18 heavy (non-hydrogen) atoms. The van der Waals surface area contributed by atoms with Crippen LogP contribution in [0.25, 0.3) is 0 Å². The summed E-state index contributed by atoms with van der Waals surface area (Å²) in [5.74, 6) is 1.03. The lowest BCUT2D eigenvalue weighted by Crippen LogP contribution is -2.18. The summed E-state index contributed by atoms with van der Waals surface area (Å²) < 4.78 is 0. The summed E-state index contributed by atoms with van der Waals surface area (Å²) in [5.41, 5.74) is 6.48. The molecule has 1 aromatic rings. The van der Waals surface area contributed by atoms with Crippen LogP contribution in [0.4, 0.5) is 0 Å². The Bertz CT molecular complexity index is 421. The van der Waals surface area contributed by atoms with Crippen LogP contribution in [0.2, 0.25) is 0 Å². The van der Waals surface area contributed by atoms with Gasteiger partial charge in [0.05, 0.1) is 6.10 Å². The predicted octanol–water partition coefficient (Wildman–Crippen LogP) is 2.94. The van der Waals surface area contributed by atoms with E-state index in [1.165, 1.54) is 0 Å². The Morgan fingerprint density at radius 2 is 2.00 bits per heavy atom. The molecule has 0 saturated carbocycles. The molecule has 4 N–H and O–H groups in total. The first kappa shape index (κ1) is 15.4. The third-order valence-electron chi connectivity index (χ3n) is 2.55. The summed E-state index contributed by atoms with van der Waals surface area (Å²) >= 11 is 3.25. The van der Waals surface area contributed by atoms with Crippen molar-refractivity contribution in [2.45, 2.75) is 41.9 Å². The fourth-order valence-corrected chi connectivity index (χ4v) is 3.46. The van der Waals surface area contributed by atoms with Crippen LogP contribution in [-0.4, -0.2) is 28.0 Å². The normalized spacial score (nSPS) is 14.2. The number of nitrogens with one attached hydrogen (secondary N) is 1. The summed E-state index contributed by atoms with van der Waals surface area (Å²) in [4.78, 5) is 2.00. The van der Waals surface area contributed by atoms with Crippen molar-refractivity contribution < 1.29 is 5.11 Å². The maximum absolute atomic E-state index is 9.57. The predicted molar refractivity (Wildman–Crippen MR) is 80.9 cm³/mol. The van der Waals surface area contributed by atoms with Gasteiger partial charge in [0, 0.05) is 20.6 Å². The molecule has 1 rings (SSSR count). The zero-order chi connectivity index (χ0) is 13.7. The molecule has 0 amide bonds. The molecular weight excluding hydrogens is 264 g/mol. The number of benzene rings is 1. The fourth-order valence-electron chi connectivity index (χ4n) is 1.45. The van der Waals surface area contributed by atoms with Crippen LogP contribution in [0.15, 0.2) is 28.0 Å². The van der Waals surface area contributed by atoms with E-state index < -0.39 is 6.10 Å². The highest BCUT2D eigenvalue weighted by Crippen LogP contribution is 2.33. The number of nitrogen functional groups attached to an aromatic ring is 1. The maximum atomic E-state index is 9.57. The second kappa shape index (κ2) is 7.07. The Hall–Kier alpha value is -0.650. The van der Waals surface area contributed by atoms with Crippen LogP contribution in [-0.2, 0) is 0 Å². The summed E-state index contributed by atoms with van der Waals surface area (Å²) in [5, 5.41) is 17.4. The molecule has 0 spiro atoms. The Morgan fingerprint density at radius 1 is 1.39 bits per heavy atom. The number of amidine groups is 1. The van der Waals surface area contributed by atoms with E-state index in [2.05, 4.69) is 6.92 Å². The molecule has 0 aliphatic carbocycles. The number of thioether (sulfide) groups is 2. The van der Waals surface area contributed by atoms with Gasteiger partial charge in [0.1, 0.15) is 5.84 Å². The zero-order valence-electron chi connectivity index (χ0n) is 10.9. The number of rotatable bonds is 6. The highest BCUT2D eigenvalue weighted by molar-refractivity contribution is 8.00. The molecule has 3 nitrogen and oxygen atoms in total. The van der Waals surface area contributed by atoms with Crippen molar-refractivity contribution in [3.8, 4) is 0 Å². The van der Waals surface area contributed by atoms with Gasteiger partial charge in [0.25, 0.3) is 0 Å². The first-order valence-corrected chi connectivity index (χ1v) is 7.78. The Balaban J connectivity index is 3.10. The SMILES string of the molecule is CCSc1cccc(SC(C)C(C)O)c1C(=N)N. The molecule has 2 unspecified atom stereocenters. The van der Waals surface area contributed by atoms with Gasteiger partial charge in [-0.3, -0.25) is 5.41 Å². The van der Waals surface area contributed by atoms with Crippen molar-refractivity contribution in [2.75, 3.05) is 5.75 Å². The van der Waals surface area contributed by atoms with E-state index in [-0.39, 0.29) is 11.1 Å². The van der Waals surface area contributed by atoms with E-state index in [1.807, 2.05) is 25.1 Å². The van der Waals surface area contributed by atoms with Crippen LogP contribution in [0.5, 0.6) is 0 Å². The van der Waals surface area contributed by atoms with Crippen LogP contribution < -0.4 is 5.73 Å². The van der Waals surface area contributed by atoms with E-state index in [0.29, 0.717) is 0 Å². The molecule has 100 valence electrons. The average molecular weight is 284 g/mol. The number of hydrogen-bond donors (Lipinski definition) is 3. The monoisotopic (exact) mass is 284 g/mol. The number of hydrogen-bond acceptors (Lipinski definition) is 4. The van der Waals surface area contributed by atoms with Crippen LogP contribution >= 0.6 is 23.5 Å². The molecule has 0 aromatic heterocycles. The molecule has 0 aliphatic heterocycles. The van der Waals surface area contributed by atoms with Crippen molar-refractivity contribution in [2.24, 2.45) is 5.73 Å². The Kier molecular flexibility index (Phi) is 6.05. The minimum atomic E-state index is -0.391. The highest BCUT2D eigenvalue weighted by Gasteiger charge is 2.16. The minimum absolute atomic E-state index is 0.0741. The fraction of sp³-hybridized carbons (Fsp3) is 0.462. The smallest absolute Gasteiger partial charge is 0.125 e. The van der Waals surface area contributed by atoms with Gasteiger partial charge in [0.2, 0.25) is 0 Å². The van der Waals surface area contributed by atoms with Crippen molar-refractivity contribution in [1.82, 2.24) is 0 Å². The molecule has 0 fully saturated rings. The molecule has 0 saturated heterocycles. The first-order valence-electron chi connectivity index (χ1n) is 5.92. The van der Waals surface area contributed by atoms with E-state index in [9.17, 15) is 5.11 Å². The topological polar surface area (TPSA) is 70.1 Å². The summed E-state index contributed by atoms with van der Waals surface area (Å²) in [6.07, 6.45) is -0.391. The third-order valence-corrected chi connectivity index (χ3v) is 4.85. The van der Waals surface area contributed by atoms with Gasteiger partial charge in [0.15, 0.2) is 0 Å². The Morgan fingerprint density at radius 3 is 2.50 bits per heavy atom. The third kappa shape index (κ3) is 3.93. The van der Waals surface area contributed by atoms with Crippen LogP contribution in [0, 0.1) is 5.41 Å². The van der Waals surface area contributed by atoms with Gasteiger partial charge in [-0.2, -0.15) is 0 Å². The highest BCUT2D eigenvalue weighted by atomic mass is 32.2. The summed E-state index contributed by atoms with van der Waals surface area (Å²) in [6, 6.07) is 5.92. The van der Waals surface area contributed by atoms with E-state index in [4.69, 9.17) is 11.1 Å². The second-order valence-corrected chi connectivity index (χ2v) is 6.76. The van der Waals surface area contributed by atoms with E-state index >= 15 is 0 Å². The van der Waals surface area contributed by atoms with Crippen LogP contribution in [0.1, 0.15) is 26.3 Å². The van der Waals surface area contributed by atoms with Gasteiger partial charge in [-0.15, -0.1) is 23.5 Å². The Labute approximate surface area is 117 Å². The lowest BCUT2D eigenvalue weighted by atomic mass is 10.2. The first-order chi connectivity index (χ1) is 8.47. The minimum Gasteiger partial charge on any atom is -0.392 e. The largest absolute Gasteiger partial charge is 0.392 e. The lowest BCUT2D eigenvalue weighted by molar-refractivity contribution is 0.196. The van der Waals surface area contributed by atoms with Gasteiger partial charge in [-0.25, -0.2) is 0 Å². The summed E-state index contributed by atoms with van der Waals surface area (Å²) in [7, 11) is 0.